The highest BCUT2D eigenvalue weighted by Gasteiger charge is 2.50. The van der Waals surface area contributed by atoms with Crippen LogP contribution in [0.15, 0.2) is 22.8 Å². The van der Waals surface area contributed by atoms with Crippen LogP contribution in [-0.2, 0) is 16.1 Å². The molecule has 2 fully saturated rings. The van der Waals surface area contributed by atoms with E-state index in [4.69, 9.17) is 4.42 Å². The molecule has 1 spiro atoms. The van der Waals surface area contributed by atoms with E-state index >= 15 is 0 Å². The van der Waals surface area contributed by atoms with E-state index in [1.54, 1.807) is 18.4 Å². The van der Waals surface area contributed by atoms with Crippen molar-refractivity contribution in [1.82, 2.24) is 15.5 Å². The largest absolute Gasteiger partial charge is 0.467 e. The molecule has 7 nitrogen and oxygen atoms in total. The molecular formula is C16H21N3O4. The lowest BCUT2D eigenvalue weighted by atomic mass is 9.82. The molecule has 2 heterocycles. The second-order valence-electron chi connectivity index (χ2n) is 6.14. The first kappa shape index (κ1) is 15.6. The summed E-state index contributed by atoms with van der Waals surface area (Å²) in [6, 6.07) is 3.14. The molecule has 1 aliphatic carbocycles. The second-order valence-corrected chi connectivity index (χ2v) is 6.14. The fourth-order valence-corrected chi connectivity index (χ4v) is 3.27. The lowest BCUT2D eigenvalue weighted by Gasteiger charge is -2.30. The highest BCUT2D eigenvalue weighted by Crippen LogP contribution is 2.33. The van der Waals surface area contributed by atoms with E-state index in [9.17, 15) is 14.4 Å². The number of imide groups is 1. The Labute approximate surface area is 134 Å². The maximum absolute atomic E-state index is 12.5. The number of rotatable bonds is 5. The highest BCUT2D eigenvalue weighted by molar-refractivity contribution is 6.07. The minimum absolute atomic E-state index is 0.0932. The van der Waals surface area contributed by atoms with E-state index < -0.39 is 5.54 Å². The monoisotopic (exact) mass is 319 g/mol. The van der Waals surface area contributed by atoms with Crippen molar-refractivity contribution in [3.8, 4) is 0 Å². The molecule has 0 unspecified atom stereocenters. The second kappa shape index (κ2) is 6.44. The maximum Gasteiger partial charge on any atom is 0.325 e. The molecule has 0 radical (unpaired) electrons. The van der Waals surface area contributed by atoms with Gasteiger partial charge in [0.1, 0.15) is 11.3 Å². The van der Waals surface area contributed by atoms with Crippen LogP contribution >= 0.6 is 0 Å². The summed E-state index contributed by atoms with van der Waals surface area (Å²) >= 11 is 0. The normalized spacial score (nSPS) is 19.9. The molecule has 1 saturated heterocycles. The van der Waals surface area contributed by atoms with Gasteiger partial charge in [0.2, 0.25) is 5.91 Å². The third-order valence-corrected chi connectivity index (χ3v) is 4.56. The number of hydrogen-bond acceptors (Lipinski definition) is 4. The summed E-state index contributed by atoms with van der Waals surface area (Å²) in [5, 5.41) is 5.55. The molecule has 1 aromatic rings. The van der Waals surface area contributed by atoms with Crippen LogP contribution in [0.4, 0.5) is 4.79 Å². The maximum atomic E-state index is 12.5. The lowest BCUT2D eigenvalue weighted by Crippen LogP contribution is -2.48. The molecule has 1 aliphatic heterocycles. The summed E-state index contributed by atoms with van der Waals surface area (Å²) < 4.78 is 5.13. The lowest BCUT2D eigenvalue weighted by molar-refractivity contribution is -0.132. The fourth-order valence-electron chi connectivity index (χ4n) is 3.27. The van der Waals surface area contributed by atoms with Gasteiger partial charge in [-0.15, -0.1) is 0 Å². The Morgan fingerprint density at radius 1 is 1.30 bits per heavy atom. The summed E-state index contributed by atoms with van der Waals surface area (Å²) in [6.07, 6.45) is 6.01. The van der Waals surface area contributed by atoms with Crippen LogP contribution in [0.2, 0.25) is 0 Å². The van der Waals surface area contributed by atoms with Gasteiger partial charge >= 0.3 is 6.03 Å². The number of carbonyl (C=O) groups excluding carboxylic acids is 3. The first-order chi connectivity index (χ1) is 11.1. The number of carbonyl (C=O) groups is 3. The first-order valence-electron chi connectivity index (χ1n) is 8.04. The van der Waals surface area contributed by atoms with Crippen molar-refractivity contribution in [3.63, 3.8) is 0 Å². The quantitative estimate of drug-likeness (QED) is 0.805. The third-order valence-electron chi connectivity index (χ3n) is 4.56. The number of nitrogens with one attached hydrogen (secondary N) is 2. The van der Waals surface area contributed by atoms with E-state index in [0.717, 1.165) is 19.3 Å². The van der Waals surface area contributed by atoms with Crippen LogP contribution in [0, 0.1) is 0 Å². The summed E-state index contributed by atoms with van der Waals surface area (Å²) in [4.78, 5) is 37.6. The molecule has 23 heavy (non-hydrogen) atoms. The molecule has 2 aliphatic rings. The Kier molecular flexibility index (Phi) is 4.36. The zero-order valence-corrected chi connectivity index (χ0v) is 13.0. The number of furan rings is 1. The van der Waals surface area contributed by atoms with E-state index in [1.807, 2.05) is 0 Å². The Balaban J connectivity index is 1.50. The van der Waals surface area contributed by atoms with Gasteiger partial charge in [-0.3, -0.25) is 14.5 Å². The van der Waals surface area contributed by atoms with E-state index in [-0.39, 0.29) is 30.8 Å². The fraction of sp³-hybridized carbons (Fsp3) is 0.562. The van der Waals surface area contributed by atoms with Crippen LogP contribution in [0.25, 0.3) is 0 Å². The van der Waals surface area contributed by atoms with Gasteiger partial charge in [-0.2, -0.15) is 0 Å². The Morgan fingerprint density at radius 3 is 2.78 bits per heavy atom. The zero-order chi connectivity index (χ0) is 16.3. The highest BCUT2D eigenvalue weighted by atomic mass is 16.3. The molecule has 0 atom stereocenters. The average molecular weight is 319 g/mol. The van der Waals surface area contributed by atoms with Crippen LogP contribution in [0.5, 0.6) is 0 Å². The van der Waals surface area contributed by atoms with Crippen molar-refractivity contribution in [2.75, 3.05) is 6.54 Å². The summed E-state index contributed by atoms with van der Waals surface area (Å²) in [5.41, 5.74) is -0.722. The van der Waals surface area contributed by atoms with Crippen LogP contribution in [0.3, 0.4) is 0 Å². The summed E-state index contributed by atoms with van der Waals surface area (Å²) in [5.74, 6) is 0.266. The average Bonchev–Trinajstić information content (AvgIpc) is 3.13. The Bertz CT molecular complexity index is 590. The van der Waals surface area contributed by atoms with Crippen molar-refractivity contribution >= 4 is 17.8 Å². The van der Waals surface area contributed by atoms with Gasteiger partial charge in [0, 0.05) is 13.0 Å². The van der Waals surface area contributed by atoms with Crippen LogP contribution in [-0.4, -0.2) is 34.8 Å². The van der Waals surface area contributed by atoms with Gasteiger partial charge in [-0.1, -0.05) is 19.3 Å². The molecule has 0 bridgehead atoms. The standard InChI is InChI=1S/C16H21N3O4/c20-13(17-11-12-5-4-10-23-12)6-9-19-14(21)16(18-15(19)22)7-2-1-3-8-16/h4-5,10H,1-3,6-9,11H2,(H,17,20)(H,18,22). The van der Waals surface area contributed by atoms with Crippen molar-refractivity contribution < 1.29 is 18.8 Å². The predicted molar refractivity (Wildman–Crippen MR) is 81.2 cm³/mol. The Hall–Kier alpha value is -2.31. The minimum atomic E-state index is -0.722. The molecule has 3 rings (SSSR count). The van der Waals surface area contributed by atoms with Crippen molar-refractivity contribution in [3.05, 3.63) is 24.2 Å². The van der Waals surface area contributed by atoms with Gasteiger partial charge in [0.15, 0.2) is 0 Å². The number of hydrogen-bond donors (Lipinski definition) is 2. The van der Waals surface area contributed by atoms with E-state index in [2.05, 4.69) is 10.6 Å². The number of urea groups is 1. The van der Waals surface area contributed by atoms with Crippen LogP contribution < -0.4 is 10.6 Å². The Morgan fingerprint density at radius 2 is 2.09 bits per heavy atom. The molecule has 2 N–H and O–H groups in total. The van der Waals surface area contributed by atoms with Crippen molar-refractivity contribution in [1.29, 1.82) is 0 Å². The van der Waals surface area contributed by atoms with Gasteiger partial charge in [0.25, 0.3) is 5.91 Å². The molecular weight excluding hydrogens is 298 g/mol. The number of nitrogens with zero attached hydrogens (tertiary/aromatic N) is 1. The minimum Gasteiger partial charge on any atom is -0.467 e. The van der Waals surface area contributed by atoms with Gasteiger partial charge in [-0.05, 0) is 25.0 Å². The van der Waals surface area contributed by atoms with Gasteiger partial charge < -0.3 is 15.1 Å². The molecule has 1 aromatic heterocycles. The molecule has 7 heteroatoms. The van der Waals surface area contributed by atoms with Gasteiger partial charge in [0.05, 0.1) is 12.8 Å². The molecule has 4 amide bonds. The number of amides is 4. The topological polar surface area (TPSA) is 91.7 Å². The first-order valence-corrected chi connectivity index (χ1v) is 8.04. The van der Waals surface area contributed by atoms with Gasteiger partial charge in [-0.25, -0.2) is 4.79 Å². The van der Waals surface area contributed by atoms with Crippen LogP contribution in [0.1, 0.15) is 44.3 Å². The van der Waals surface area contributed by atoms with Crippen molar-refractivity contribution in [2.24, 2.45) is 0 Å². The molecule has 0 aromatic carbocycles. The summed E-state index contributed by atoms with van der Waals surface area (Å²) in [7, 11) is 0. The molecule has 1 saturated carbocycles. The SMILES string of the molecule is O=C(CCN1C(=O)NC2(CCCCC2)C1=O)NCc1ccco1. The zero-order valence-electron chi connectivity index (χ0n) is 13.0. The third kappa shape index (κ3) is 3.23. The molecule has 124 valence electrons. The van der Waals surface area contributed by atoms with E-state index in [0.29, 0.717) is 25.1 Å². The smallest absolute Gasteiger partial charge is 0.325 e. The van der Waals surface area contributed by atoms with E-state index in [1.165, 1.54) is 4.90 Å². The van der Waals surface area contributed by atoms with Crippen molar-refractivity contribution in [2.45, 2.75) is 50.6 Å². The summed E-state index contributed by atoms with van der Waals surface area (Å²) in [6.45, 7) is 0.409. The predicted octanol–water partition coefficient (Wildman–Crippen LogP) is 1.54.